The number of carbonyl (C=O) groups is 2. The highest BCUT2D eigenvalue weighted by molar-refractivity contribution is 5.87. The van der Waals surface area contributed by atoms with Crippen molar-refractivity contribution in [1.29, 1.82) is 0 Å². The van der Waals surface area contributed by atoms with Gasteiger partial charge >= 0.3 is 12.0 Å². The molecule has 6 heteroatoms. The Hall–Kier alpha value is -3.02. The molecule has 2 aromatic rings. The summed E-state index contributed by atoms with van der Waals surface area (Å²) in [5.74, 6) is -0.184. The Kier molecular flexibility index (Phi) is 6.39. The average molecular weight is 342 g/mol. The molecule has 0 aliphatic heterocycles. The molecule has 2 amide bonds. The third-order valence-electron chi connectivity index (χ3n) is 3.68. The molecular weight excluding hydrogens is 320 g/mol. The van der Waals surface area contributed by atoms with Gasteiger partial charge in [-0.15, -0.1) is 0 Å². The molecule has 6 nitrogen and oxygen atoms in total. The molecule has 2 N–H and O–H groups in total. The smallest absolute Gasteiger partial charge is 0.335 e. The molecule has 0 spiro atoms. The fourth-order valence-electron chi connectivity index (χ4n) is 2.18. The number of hydrogen-bond donors (Lipinski definition) is 2. The number of amides is 2. The molecule has 0 bridgehead atoms. The van der Waals surface area contributed by atoms with Crippen molar-refractivity contribution in [2.45, 2.75) is 13.5 Å². The van der Waals surface area contributed by atoms with Crippen molar-refractivity contribution < 1.29 is 19.4 Å². The number of aryl methyl sites for hydroxylation is 1. The third-order valence-corrected chi connectivity index (χ3v) is 3.68. The van der Waals surface area contributed by atoms with Crippen LogP contribution in [0.5, 0.6) is 5.75 Å². The summed E-state index contributed by atoms with van der Waals surface area (Å²) in [4.78, 5) is 24.4. The first-order valence-electron chi connectivity index (χ1n) is 7.96. The van der Waals surface area contributed by atoms with Gasteiger partial charge in [-0.2, -0.15) is 0 Å². The second-order valence-electron chi connectivity index (χ2n) is 5.75. The summed E-state index contributed by atoms with van der Waals surface area (Å²) in [5, 5.41) is 11.6. The van der Waals surface area contributed by atoms with Gasteiger partial charge in [0.15, 0.2) is 0 Å². The lowest BCUT2D eigenvalue weighted by Gasteiger charge is -2.18. The Labute approximate surface area is 147 Å². The first-order valence-corrected chi connectivity index (χ1v) is 7.96. The Balaban J connectivity index is 1.73. The fourth-order valence-corrected chi connectivity index (χ4v) is 2.18. The number of benzene rings is 2. The Bertz CT molecular complexity index is 728. The van der Waals surface area contributed by atoms with Gasteiger partial charge in [0.05, 0.1) is 12.1 Å². The van der Waals surface area contributed by atoms with Crippen molar-refractivity contribution in [2.24, 2.45) is 0 Å². The van der Waals surface area contributed by atoms with E-state index in [1.54, 1.807) is 24.1 Å². The first kappa shape index (κ1) is 18.3. The largest absolute Gasteiger partial charge is 0.492 e. The van der Waals surface area contributed by atoms with E-state index in [0.29, 0.717) is 19.7 Å². The SMILES string of the molecule is Cc1cccc(OCCN(C)C(=O)NCc2ccc(C(=O)O)cc2)c1. The standard InChI is InChI=1S/C19H22N2O4/c1-14-4-3-5-17(12-14)25-11-10-21(2)19(24)20-13-15-6-8-16(9-7-15)18(22)23/h3-9,12H,10-11,13H2,1-2H3,(H,20,24)(H,22,23). The van der Waals surface area contributed by atoms with Crippen molar-refractivity contribution in [3.8, 4) is 5.75 Å². The topological polar surface area (TPSA) is 78.9 Å². The predicted molar refractivity (Wildman–Crippen MR) is 94.9 cm³/mol. The highest BCUT2D eigenvalue weighted by atomic mass is 16.5. The zero-order valence-electron chi connectivity index (χ0n) is 14.4. The highest BCUT2D eigenvalue weighted by Crippen LogP contribution is 2.12. The number of nitrogens with one attached hydrogen (secondary N) is 1. The first-order chi connectivity index (χ1) is 12.0. The number of nitrogens with zero attached hydrogens (tertiary/aromatic N) is 1. The molecule has 0 saturated heterocycles. The Morgan fingerprint density at radius 2 is 1.88 bits per heavy atom. The van der Waals surface area contributed by atoms with Gasteiger partial charge in [0.1, 0.15) is 12.4 Å². The van der Waals surface area contributed by atoms with Crippen LogP contribution in [-0.4, -0.2) is 42.2 Å². The van der Waals surface area contributed by atoms with Crippen molar-refractivity contribution in [1.82, 2.24) is 10.2 Å². The maximum atomic E-state index is 12.1. The molecule has 132 valence electrons. The minimum atomic E-state index is -0.969. The van der Waals surface area contributed by atoms with Crippen LogP contribution in [0.25, 0.3) is 0 Å². The van der Waals surface area contributed by atoms with Crippen LogP contribution in [0, 0.1) is 6.92 Å². The quantitative estimate of drug-likeness (QED) is 0.811. The van der Waals surface area contributed by atoms with E-state index in [1.807, 2.05) is 31.2 Å². The fraction of sp³-hybridized carbons (Fsp3) is 0.263. The van der Waals surface area contributed by atoms with E-state index in [0.717, 1.165) is 16.9 Å². The minimum absolute atomic E-state index is 0.213. The number of hydrogen-bond acceptors (Lipinski definition) is 3. The summed E-state index contributed by atoms with van der Waals surface area (Å²) in [5.41, 5.74) is 2.18. The number of carboxylic acids is 1. The van der Waals surface area contributed by atoms with Crippen LogP contribution in [0.1, 0.15) is 21.5 Å². The molecule has 0 aromatic heterocycles. The molecule has 2 rings (SSSR count). The number of likely N-dealkylation sites (N-methyl/N-ethyl adjacent to an activating group) is 1. The maximum Gasteiger partial charge on any atom is 0.335 e. The third kappa shape index (κ3) is 5.84. The van der Waals surface area contributed by atoms with E-state index in [1.165, 1.54) is 12.1 Å². The molecule has 0 aliphatic rings. The van der Waals surface area contributed by atoms with Crippen molar-refractivity contribution in [3.63, 3.8) is 0 Å². The minimum Gasteiger partial charge on any atom is -0.492 e. The lowest BCUT2D eigenvalue weighted by Crippen LogP contribution is -2.39. The summed E-state index contributed by atoms with van der Waals surface area (Å²) in [6, 6.07) is 13.9. The number of aromatic carboxylic acids is 1. The number of urea groups is 1. The van der Waals surface area contributed by atoms with Gasteiger partial charge < -0.3 is 20.1 Å². The summed E-state index contributed by atoms with van der Waals surface area (Å²) in [7, 11) is 1.70. The van der Waals surface area contributed by atoms with Crippen LogP contribution >= 0.6 is 0 Å². The molecule has 0 saturated carbocycles. The normalized spacial score (nSPS) is 10.2. The van der Waals surface area contributed by atoms with Gasteiger partial charge in [0.25, 0.3) is 0 Å². The van der Waals surface area contributed by atoms with Crippen LogP contribution in [0.4, 0.5) is 4.79 Å². The highest BCUT2D eigenvalue weighted by Gasteiger charge is 2.08. The van der Waals surface area contributed by atoms with Gasteiger partial charge in [-0.05, 0) is 42.3 Å². The number of rotatable bonds is 7. The monoisotopic (exact) mass is 342 g/mol. The van der Waals surface area contributed by atoms with Crippen LogP contribution in [-0.2, 0) is 6.54 Å². The van der Waals surface area contributed by atoms with E-state index in [4.69, 9.17) is 9.84 Å². The molecule has 0 unspecified atom stereocenters. The average Bonchev–Trinajstić information content (AvgIpc) is 2.60. The van der Waals surface area contributed by atoms with E-state index in [2.05, 4.69) is 5.32 Å². The molecule has 0 radical (unpaired) electrons. The van der Waals surface area contributed by atoms with E-state index in [9.17, 15) is 9.59 Å². The summed E-state index contributed by atoms with van der Waals surface area (Å²) < 4.78 is 5.63. The molecule has 0 atom stereocenters. The van der Waals surface area contributed by atoms with Gasteiger partial charge in [0.2, 0.25) is 0 Å². The molecule has 0 fully saturated rings. The van der Waals surface area contributed by atoms with Crippen LogP contribution in [0.15, 0.2) is 48.5 Å². The van der Waals surface area contributed by atoms with Crippen molar-refractivity contribution in [3.05, 3.63) is 65.2 Å². The second kappa shape index (κ2) is 8.73. The van der Waals surface area contributed by atoms with Crippen molar-refractivity contribution >= 4 is 12.0 Å². The lowest BCUT2D eigenvalue weighted by atomic mass is 10.1. The number of carbonyl (C=O) groups excluding carboxylic acids is 1. The van der Waals surface area contributed by atoms with E-state index in [-0.39, 0.29) is 11.6 Å². The summed E-state index contributed by atoms with van der Waals surface area (Å²) >= 11 is 0. The van der Waals surface area contributed by atoms with Crippen LogP contribution in [0.2, 0.25) is 0 Å². The Morgan fingerprint density at radius 1 is 1.16 bits per heavy atom. The van der Waals surface area contributed by atoms with Gasteiger partial charge in [0, 0.05) is 13.6 Å². The maximum absolute atomic E-state index is 12.1. The van der Waals surface area contributed by atoms with Crippen LogP contribution < -0.4 is 10.1 Å². The number of ether oxygens (including phenoxy) is 1. The van der Waals surface area contributed by atoms with E-state index < -0.39 is 5.97 Å². The van der Waals surface area contributed by atoms with Gasteiger partial charge in [-0.25, -0.2) is 9.59 Å². The van der Waals surface area contributed by atoms with Crippen molar-refractivity contribution in [2.75, 3.05) is 20.2 Å². The Morgan fingerprint density at radius 3 is 2.52 bits per heavy atom. The number of carboxylic acid groups (broad SMARTS) is 1. The van der Waals surface area contributed by atoms with Gasteiger partial charge in [-0.3, -0.25) is 0 Å². The molecule has 2 aromatic carbocycles. The molecular formula is C19H22N2O4. The summed E-state index contributed by atoms with van der Waals surface area (Å²) in [6.07, 6.45) is 0. The zero-order valence-corrected chi connectivity index (χ0v) is 14.4. The van der Waals surface area contributed by atoms with Crippen LogP contribution in [0.3, 0.4) is 0 Å². The predicted octanol–water partition coefficient (Wildman–Crippen LogP) is 2.91. The molecule has 25 heavy (non-hydrogen) atoms. The molecule has 0 heterocycles. The lowest BCUT2D eigenvalue weighted by molar-refractivity contribution is 0.0697. The van der Waals surface area contributed by atoms with E-state index >= 15 is 0 Å². The second-order valence-corrected chi connectivity index (χ2v) is 5.75. The zero-order chi connectivity index (χ0) is 18.2. The van der Waals surface area contributed by atoms with Gasteiger partial charge in [-0.1, -0.05) is 24.3 Å². The summed E-state index contributed by atoms with van der Waals surface area (Å²) in [6.45, 7) is 3.19. The molecule has 0 aliphatic carbocycles.